The summed E-state index contributed by atoms with van der Waals surface area (Å²) in [7, 11) is 0. The van der Waals surface area contributed by atoms with Crippen LogP contribution in [0.15, 0.2) is 48.5 Å². The van der Waals surface area contributed by atoms with Gasteiger partial charge < -0.3 is 14.8 Å². The number of ether oxygens (including phenoxy) is 2. The van der Waals surface area contributed by atoms with Crippen molar-refractivity contribution in [3.63, 3.8) is 0 Å². The minimum Gasteiger partial charge on any atom is -0.462 e. The van der Waals surface area contributed by atoms with Gasteiger partial charge in [0.15, 0.2) is 5.69 Å². The van der Waals surface area contributed by atoms with Gasteiger partial charge in [-0.2, -0.15) is 0 Å². The summed E-state index contributed by atoms with van der Waals surface area (Å²) in [5.74, 6) is -0.705. The van der Waals surface area contributed by atoms with Crippen LogP contribution >= 0.6 is 0 Å². The fraction of sp³-hybridized carbons (Fsp3) is 0.261. The van der Waals surface area contributed by atoms with Gasteiger partial charge in [-0.3, -0.25) is 0 Å². The van der Waals surface area contributed by atoms with Crippen LogP contribution in [-0.2, 0) is 9.47 Å². The molecular weight excluding hydrogens is 368 g/mol. The van der Waals surface area contributed by atoms with Crippen LogP contribution in [0.1, 0.15) is 46.7 Å². The first-order valence-electron chi connectivity index (χ1n) is 9.69. The Hall–Kier alpha value is -3.41. The normalized spacial score (nSPS) is 10.6. The quantitative estimate of drug-likeness (QED) is 0.600. The number of aromatic nitrogens is 1. The molecule has 0 aliphatic carbocycles. The van der Waals surface area contributed by atoms with E-state index in [-0.39, 0.29) is 11.9 Å². The van der Waals surface area contributed by atoms with Gasteiger partial charge >= 0.3 is 11.9 Å². The first kappa shape index (κ1) is 20.3. The molecule has 0 amide bonds. The average molecular weight is 393 g/mol. The summed E-state index contributed by atoms with van der Waals surface area (Å²) >= 11 is 0. The van der Waals surface area contributed by atoms with Gasteiger partial charge in [-0.1, -0.05) is 13.0 Å². The predicted molar refractivity (Wildman–Crippen MR) is 111 cm³/mol. The van der Waals surface area contributed by atoms with Crippen LogP contribution in [0, 0.1) is 6.92 Å². The molecule has 0 spiro atoms. The van der Waals surface area contributed by atoms with E-state index in [2.05, 4.69) is 10.3 Å². The summed E-state index contributed by atoms with van der Waals surface area (Å²) < 4.78 is 10.3. The third kappa shape index (κ3) is 4.90. The van der Waals surface area contributed by atoms with Crippen molar-refractivity contribution in [2.75, 3.05) is 18.5 Å². The van der Waals surface area contributed by atoms with Gasteiger partial charge in [0.2, 0.25) is 5.52 Å². The van der Waals surface area contributed by atoms with E-state index < -0.39 is 0 Å². The molecule has 0 aliphatic rings. The van der Waals surface area contributed by atoms with Crippen LogP contribution in [0.5, 0.6) is 0 Å². The maximum atomic E-state index is 12.1. The molecular formula is C23H25N2O4+. The standard InChI is InChI=1S/C23H24N2O4/c1-4-11-29-23(27)16-7-6-8-18(13-16)25-21-12-15(3)24-20-10-9-17(14-19(20)21)22(26)28-5-2/h6-10,12-14H,4-5,11H2,1-3H3,(H,24,25)/p+1. The molecule has 6 nitrogen and oxygen atoms in total. The number of hydrogen-bond donors (Lipinski definition) is 1. The van der Waals surface area contributed by atoms with Crippen LogP contribution < -0.4 is 10.3 Å². The Morgan fingerprint density at radius 2 is 1.72 bits per heavy atom. The van der Waals surface area contributed by atoms with E-state index in [9.17, 15) is 9.59 Å². The first-order valence-corrected chi connectivity index (χ1v) is 9.69. The molecule has 29 heavy (non-hydrogen) atoms. The minimum atomic E-state index is -0.360. The van der Waals surface area contributed by atoms with Gasteiger partial charge in [0, 0.05) is 24.7 Å². The van der Waals surface area contributed by atoms with E-state index in [0.717, 1.165) is 34.4 Å². The van der Waals surface area contributed by atoms with Crippen molar-refractivity contribution < 1.29 is 24.0 Å². The third-order valence-electron chi connectivity index (χ3n) is 4.33. The Morgan fingerprint density at radius 3 is 2.48 bits per heavy atom. The second-order valence-corrected chi connectivity index (χ2v) is 6.69. The second-order valence-electron chi connectivity index (χ2n) is 6.69. The van der Waals surface area contributed by atoms with Crippen molar-refractivity contribution in [1.29, 1.82) is 0 Å². The molecule has 2 aromatic carbocycles. The molecule has 0 radical (unpaired) electrons. The fourth-order valence-electron chi connectivity index (χ4n) is 3.02. The monoisotopic (exact) mass is 393 g/mol. The molecule has 2 N–H and O–H groups in total. The molecule has 0 aliphatic heterocycles. The average Bonchev–Trinajstić information content (AvgIpc) is 2.72. The zero-order valence-electron chi connectivity index (χ0n) is 16.9. The highest BCUT2D eigenvalue weighted by Gasteiger charge is 2.15. The van der Waals surface area contributed by atoms with E-state index in [0.29, 0.717) is 24.3 Å². The smallest absolute Gasteiger partial charge is 0.338 e. The number of benzene rings is 2. The number of rotatable bonds is 7. The molecule has 0 unspecified atom stereocenters. The lowest BCUT2D eigenvalue weighted by Crippen LogP contribution is -2.12. The van der Waals surface area contributed by atoms with Gasteiger partial charge in [-0.15, -0.1) is 0 Å². The first-order chi connectivity index (χ1) is 14.0. The Balaban J connectivity index is 1.96. The van der Waals surface area contributed by atoms with E-state index >= 15 is 0 Å². The molecule has 1 heterocycles. The number of aryl methyl sites for hydroxylation is 1. The van der Waals surface area contributed by atoms with Crippen LogP contribution in [0.4, 0.5) is 11.4 Å². The molecule has 0 fully saturated rings. The summed E-state index contributed by atoms with van der Waals surface area (Å²) in [6, 6.07) is 14.5. The van der Waals surface area contributed by atoms with E-state index in [1.165, 1.54) is 0 Å². The van der Waals surface area contributed by atoms with Crippen molar-refractivity contribution >= 4 is 34.2 Å². The lowest BCUT2D eigenvalue weighted by Gasteiger charge is -2.11. The molecule has 1 aromatic heterocycles. The number of H-pyrrole nitrogens is 1. The number of nitrogens with one attached hydrogen (secondary N) is 2. The maximum Gasteiger partial charge on any atom is 0.338 e. The topological polar surface area (TPSA) is 78.8 Å². The zero-order chi connectivity index (χ0) is 20.8. The second kappa shape index (κ2) is 9.19. The van der Waals surface area contributed by atoms with E-state index in [1.807, 2.05) is 32.0 Å². The number of carbonyl (C=O) groups is 2. The van der Waals surface area contributed by atoms with Crippen LogP contribution in [0.3, 0.4) is 0 Å². The van der Waals surface area contributed by atoms with Gasteiger partial charge in [-0.25, -0.2) is 14.6 Å². The highest BCUT2D eigenvalue weighted by Crippen LogP contribution is 2.26. The van der Waals surface area contributed by atoms with Crippen molar-refractivity contribution in [3.8, 4) is 0 Å². The van der Waals surface area contributed by atoms with Crippen molar-refractivity contribution in [1.82, 2.24) is 0 Å². The van der Waals surface area contributed by atoms with Crippen LogP contribution in [0.2, 0.25) is 0 Å². The summed E-state index contributed by atoms with van der Waals surface area (Å²) in [5.41, 5.74) is 4.39. The molecule has 0 saturated heterocycles. The van der Waals surface area contributed by atoms with E-state index in [1.54, 1.807) is 37.3 Å². The molecule has 0 saturated carbocycles. The Kier molecular flexibility index (Phi) is 6.44. The number of pyridine rings is 1. The molecule has 3 aromatic rings. The van der Waals surface area contributed by atoms with Gasteiger partial charge in [-0.05, 0) is 43.7 Å². The molecule has 0 bridgehead atoms. The number of fused-ring (bicyclic) bond motifs is 1. The van der Waals surface area contributed by atoms with Gasteiger partial charge in [0.05, 0.1) is 35.4 Å². The lowest BCUT2D eigenvalue weighted by molar-refractivity contribution is -0.354. The summed E-state index contributed by atoms with van der Waals surface area (Å²) in [6.45, 7) is 6.41. The number of aromatic amines is 1. The maximum absolute atomic E-state index is 12.1. The lowest BCUT2D eigenvalue weighted by atomic mass is 10.1. The fourth-order valence-corrected chi connectivity index (χ4v) is 3.02. The van der Waals surface area contributed by atoms with Gasteiger partial charge in [0.1, 0.15) is 0 Å². The molecule has 150 valence electrons. The molecule has 0 atom stereocenters. The van der Waals surface area contributed by atoms with E-state index in [4.69, 9.17) is 9.47 Å². The number of carbonyl (C=O) groups excluding carboxylic acids is 2. The van der Waals surface area contributed by atoms with Crippen molar-refractivity contribution in [2.45, 2.75) is 27.2 Å². The highest BCUT2D eigenvalue weighted by atomic mass is 16.5. The molecule has 6 heteroatoms. The summed E-state index contributed by atoms with van der Waals surface area (Å²) in [4.78, 5) is 27.6. The van der Waals surface area contributed by atoms with Crippen molar-refractivity contribution in [3.05, 3.63) is 65.4 Å². The number of anilines is 2. The Bertz CT molecular complexity index is 1050. The Labute approximate surface area is 169 Å². The summed E-state index contributed by atoms with van der Waals surface area (Å²) in [5, 5.41) is 4.20. The number of esters is 2. The minimum absolute atomic E-state index is 0.322. The zero-order valence-corrected chi connectivity index (χ0v) is 16.9. The largest absolute Gasteiger partial charge is 0.462 e. The van der Waals surface area contributed by atoms with Crippen molar-refractivity contribution in [2.24, 2.45) is 0 Å². The van der Waals surface area contributed by atoms with Crippen LogP contribution in [-0.4, -0.2) is 25.2 Å². The molecule has 3 rings (SSSR count). The number of hydrogen-bond acceptors (Lipinski definition) is 5. The highest BCUT2D eigenvalue weighted by molar-refractivity contribution is 5.99. The van der Waals surface area contributed by atoms with Crippen LogP contribution in [0.25, 0.3) is 10.9 Å². The summed E-state index contributed by atoms with van der Waals surface area (Å²) in [6.07, 6.45) is 0.776. The SMILES string of the molecule is CCCOC(=O)c1cccc(Nc2cc(C)[nH+]c3ccc(C(=O)OCC)cc23)c1. The predicted octanol–water partition coefficient (Wildman–Crippen LogP) is 4.45. The van der Waals surface area contributed by atoms with Gasteiger partial charge in [0.25, 0.3) is 0 Å². The Morgan fingerprint density at radius 1 is 0.966 bits per heavy atom. The third-order valence-corrected chi connectivity index (χ3v) is 4.33.